The van der Waals surface area contributed by atoms with Crippen LogP contribution in [0.15, 0.2) is 18.2 Å². The van der Waals surface area contributed by atoms with Gasteiger partial charge in [-0.15, -0.1) is 0 Å². The lowest BCUT2D eigenvalue weighted by atomic mass is 9.94. The number of nitro groups is 1. The second-order valence-electron chi connectivity index (χ2n) is 3.56. The number of ketones is 1. The van der Waals surface area contributed by atoms with Crippen molar-refractivity contribution in [1.82, 2.24) is 0 Å². The van der Waals surface area contributed by atoms with Crippen LogP contribution < -0.4 is 4.74 Å². The van der Waals surface area contributed by atoms with E-state index in [9.17, 15) is 19.3 Å². The highest BCUT2D eigenvalue weighted by molar-refractivity contribution is 5.85. The van der Waals surface area contributed by atoms with Gasteiger partial charge in [-0.05, 0) is 12.1 Å². The molecule has 0 aliphatic heterocycles. The number of carbonyl (C=O) groups excluding carboxylic acids is 1. The van der Waals surface area contributed by atoms with E-state index in [-0.39, 0.29) is 30.5 Å². The molecule has 1 aromatic carbocycles. The number of benzene rings is 1. The second kappa shape index (κ2) is 3.88. The number of Topliss-reactive ketones (excluding diaryl/α,β-unsaturated/α-hetero) is 1. The second-order valence-corrected chi connectivity index (χ2v) is 3.56. The quantitative estimate of drug-likeness (QED) is 0.581. The van der Waals surface area contributed by atoms with E-state index in [1.54, 1.807) is 0 Å². The van der Waals surface area contributed by atoms with Crippen LogP contribution in [0.4, 0.5) is 10.1 Å². The first-order valence-electron chi connectivity index (χ1n) is 4.68. The zero-order chi connectivity index (χ0) is 11.7. The van der Waals surface area contributed by atoms with E-state index in [0.717, 1.165) is 12.1 Å². The molecule has 0 radical (unpaired) electrons. The van der Waals surface area contributed by atoms with Crippen molar-refractivity contribution in [1.29, 1.82) is 0 Å². The van der Waals surface area contributed by atoms with E-state index in [0.29, 0.717) is 0 Å². The summed E-state index contributed by atoms with van der Waals surface area (Å²) in [5, 5.41) is 10.6. The summed E-state index contributed by atoms with van der Waals surface area (Å²) in [5.41, 5.74) is -0.417. The first-order chi connectivity index (χ1) is 7.56. The van der Waals surface area contributed by atoms with Crippen molar-refractivity contribution < 1.29 is 18.8 Å². The van der Waals surface area contributed by atoms with Crippen molar-refractivity contribution in [3.05, 3.63) is 34.1 Å². The third kappa shape index (κ3) is 2.00. The summed E-state index contributed by atoms with van der Waals surface area (Å²) < 4.78 is 18.0. The first-order valence-corrected chi connectivity index (χ1v) is 4.68. The Hall–Kier alpha value is -1.98. The van der Waals surface area contributed by atoms with Crippen LogP contribution >= 0.6 is 0 Å². The van der Waals surface area contributed by atoms with Crippen molar-refractivity contribution in [2.75, 3.05) is 0 Å². The number of ether oxygens (including phenoxy) is 1. The molecule has 0 bridgehead atoms. The van der Waals surface area contributed by atoms with Crippen molar-refractivity contribution in [3.63, 3.8) is 0 Å². The Morgan fingerprint density at radius 2 is 2.12 bits per heavy atom. The summed E-state index contributed by atoms with van der Waals surface area (Å²) in [4.78, 5) is 20.6. The maximum Gasteiger partial charge on any atom is 0.313 e. The van der Waals surface area contributed by atoms with Gasteiger partial charge < -0.3 is 4.74 Å². The van der Waals surface area contributed by atoms with Crippen molar-refractivity contribution >= 4 is 11.5 Å². The Morgan fingerprint density at radius 3 is 2.69 bits per heavy atom. The van der Waals surface area contributed by atoms with E-state index < -0.39 is 16.4 Å². The Balaban J connectivity index is 2.19. The van der Waals surface area contributed by atoms with Gasteiger partial charge in [-0.25, -0.2) is 4.39 Å². The van der Waals surface area contributed by atoms with Gasteiger partial charge >= 0.3 is 5.69 Å². The molecule has 5 nitrogen and oxygen atoms in total. The van der Waals surface area contributed by atoms with Crippen LogP contribution in [0.5, 0.6) is 5.75 Å². The average Bonchev–Trinajstić information content (AvgIpc) is 2.17. The number of hydrogen-bond donors (Lipinski definition) is 0. The van der Waals surface area contributed by atoms with Crippen LogP contribution in [-0.4, -0.2) is 16.8 Å². The van der Waals surface area contributed by atoms with Gasteiger partial charge in [0.2, 0.25) is 0 Å². The minimum absolute atomic E-state index is 0.00361. The molecule has 1 aliphatic carbocycles. The van der Waals surface area contributed by atoms with Gasteiger partial charge in [0, 0.05) is 12.8 Å². The molecule has 1 fully saturated rings. The van der Waals surface area contributed by atoms with Gasteiger partial charge in [0.05, 0.1) is 11.0 Å². The molecule has 2 rings (SSSR count). The smallest absolute Gasteiger partial charge is 0.313 e. The molecule has 6 heteroatoms. The molecule has 0 atom stereocenters. The lowest BCUT2D eigenvalue weighted by Gasteiger charge is -2.24. The van der Waals surface area contributed by atoms with E-state index in [4.69, 9.17) is 4.74 Å². The fourth-order valence-corrected chi connectivity index (χ4v) is 1.44. The highest BCUT2D eigenvalue weighted by Gasteiger charge is 2.30. The number of carbonyl (C=O) groups is 1. The standard InChI is InChI=1S/C10H8FNO4/c11-6-1-2-10(9(3-6)12(14)15)16-8-4-7(13)5-8/h1-3,8H,4-5H2. The van der Waals surface area contributed by atoms with Gasteiger partial charge in [0.1, 0.15) is 17.7 Å². The zero-order valence-electron chi connectivity index (χ0n) is 8.18. The Morgan fingerprint density at radius 1 is 1.44 bits per heavy atom. The molecule has 0 heterocycles. The fraction of sp³-hybridized carbons (Fsp3) is 0.300. The first kappa shape index (κ1) is 10.5. The van der Waals surface area contributed by atoms with Gasteiger partial charge in [-0.3, -0.25) is 14.9 Å². The third-order valence-corrected chi connectivity index (χ3v) is 2.32. The zero-order valence-corrected chi connectivity index (χ0v) is 8.18. The largest absolute Gasteiger partial charge is 0.483 e. The predicted octanol–water partition coefficient (Wildman–Crippen LogP) is 1.84. The molecule has 84 valence electrons. The van der Waals surface area contributed by atoms with E-state index in [1.807, 2.05) is 0 Å². The molecule has 1 saturated carbocycles. The van der Waals surface area contributed by atoms with Crippen molar-refractivity contribution in [2.24, 2.45) is 0 Å². The van der Waals surface area contributed by atoms with Gasteiger partial charge in [-0.2, -0.15) is 0 Å². The SMILES string of the molecule is O=C1CC(Oc2ccc(F)cc2[N+](=O)[O-])C1. The fourth-order valence-electron chi connectivity index (χ4n) is 1.44. The number of halogens is 1. The van der Waals surface area contributed by atoms with Crippen LogP contribution in [0.3, 0.4) is 0 Å². The maximum atomic E-state index is 12.8. The number of nitro benzene ring substituents is 1. The molecule has 0 amide bonds. The molecule has 0 unspecified atom stereocenters. The highest BCUT2D eigenvalue weighted by Crippen LogP contribution is 2.31. The number of nitrogens with zero attached hydrogens (tertiary/aromatic N) is 1. The Labute approximate surface area is 90.0 Å². The molecule has 0 aromatic heterocycles. The van der Waals surface area contributed by atoms with Crippen LogP contribution in [0.2, 0.25) is 0 Å². The summed E-state index contributed by atoms with van der Waals surface area (Å²) in [5.74, 6) is -0.623. The minimum Gasteiger partial charge on any atom is -0.483 e. The van der Waals surface area contributed by atoms with Gasteiger partial charge in [-0.1, -0.05) is 0 Å². The van der Waals surface area contributed by atoms with Crippen LogP contribution in [0.25, 0.3) is 0 Å². The van der Waals surface area contributed by atoms with Crippen LogP contribution in [-0.2, 0) is 4.79 Å². The topological polar surface area (TPSA) is 69.4 Å². The summed E-state index contributed by atoms with van der Waals surface area (Å²) in [6, 6.07) is 3.09. The van der Waals surface area contributed by atoms with Gasteiger partial charge in [0.15, 0.2) is 5.75 Å². The number of hydrogen-bond acceptors (Lipinski definition) is 4. The molecular formula is C10H8FNO4. The molecule has 0 saturated heterocycles. The highest BCUT2D eigenvalue weighted by atomic mass is 19.1. The summed E-state index contributed by atoms with van der Waals surface area (Å²) >= 11 is 0. The molecular weight excluding hydrogens is 217 g/mol. The molecule has 0 N–H and O–H groups in total. The lowest BCUT2D eigenvalue weighted by molar-refractivity contribution is -0.386. The molecule has 1 aliphatic rings. The van der Waals surface area contributed by atoms with Gasteiger partial charge in [0.25, 0.3) is 0 Å². The summed E-state index contributed by atoms with van der Waals surface area (Å²) in [6.45, 7) is 0. The molecule has 1 aromatic rings. The van der Waals surface area contributed by atoms with Crippen molar-refractivity contribution in [2.45, 2.75) is 18.9 Å². The van der Waals surface area contributed by atoms with Crippen LogP contribution in [0.1, 0.15) is 12.8 Å². The predicted molar refractivity (Wildman–Crippen MR) is 51.7 cm³/mol. The average molecular weight is 225 g/mol. The number of rotatable bonds is 3. The summed E-state index contributed by atoms with van der Waals surface area (Å²) in [6.07, 6.45) is 0.194. The normalized spacial score (nSPS) is 15.7. The summed E-state index contributed by atoms with van der Waals surface area (Å²) in [7, 11) is 0. The molecule has 16 heavy (non-hydrogen) atoms. The molecule has 0 spiro atoms. The van der Waals surface area contributed by atoms with Crippen LogP contribution in [0, 0.1) is 15.9 Å². The Bertz CT molecular complexity index is 452. The van der Waals surface area contributed by atoms with E-state index in [1.165, 1.54) is 6.07 Å². The monoisotopic (exact) mass is 225 g/mol. The van der Waals surface area contributed by atoms with Crippen molar-refractivity contribution in [3.8, 4) is 5.75 Å². The van der Waals surface area contributed by atoms with E-state index in [2.05, 4.69) is 0 Å². The Kier molecular flexibility index (Phi) is 2.55. The lowest BCUT2D eigenvalue weighted by Crippen LogP contribution is -2.33. The third-order valence-electron chi connectivity index (χ3n) is 2.32. The minimum atomic E-state index is -0.709. The maximum absolute atomic E-state index is 12.8. The van der Waals surface area contributed by atoms with E-state index >= 15 is 0 Å².